The zero-order valence-corrected chi connectivity index (χ0v) is 15.0. The van der Waals surface area contributed by atoms with Crippen molar-refractivity contribution in [2.24, 2.45) is 5.73 Å². The van der Waals surface area contributed by atoms with Crippen LogP contribution in [0.4, 0.5) is 5.69 Å². The summed E-state index contributed by atoms with van der Waals surface area (Å²) in [5.74, 6) is -0.617. The van der Waals surface area contributed by atoms with E-state index in [0.717, 1.165) is 0 Å². The second-order valence-electron chi connectivity index (χ2n) is 5.16. The SMILES string of the molecule is COCCOc1ccccc1C(=O)NC(=S)Nc1ccccc1C(N)=O. The van der Waals surface area contributed by atoms with Crippen LogP contribution in [0.2, 0.25) is 0 Å². The Labute approximate surface area is 156 Å². The fraction of sp³-hybridized carbons (Fsp3) is 0.167. The number of primary amides is 1. The number of methoxy groups -OCH3 is 1. The second kappa shape index (κ2) is 9.50. The molecule has 0 aliphatic rings. The van der Waals surface area contributed by atoms with E-state index in [4.69, 9.17) is 27.4 Å². The Hall–Kier alpha value is -2.97. The molecule has 2 aromatic carbocycles. The van der Waals surface area contributed by atoms with Crippen LogP contribution in [0, 0.1) is 0 Å². The Balaban J connectivity index is 2.06. The van der Waals surface area contributed by atoms with E-state index in [0.29, 0.717) is 30.2 Å². The van der Waals surface area contributed by atoms with Crippen LogP contribution < -0.4 is 21.1 Å². The van der Waals surface area contributed by atoms with Crippen LogP contribution in [-0.4, -0.2) is 37.3 Å². The summed E-state index contributed by atoms with van der Waals surface area (Å²) in [6.07, 6.45) is 0. The summed E-state index contributed by atoms with van der Waals surface area (Å²) in [4.78, 5) is 23.9. The van der Waals surface area contributed by atoms with Crippen molar-refractivity contribution in [2.45, 2.75) is 0 Å². The van der Waals surface area contributed by atoms with Crippen LogP contribution in [-0.2, 0) is 4.74 Å². The van der Waals surface area contributed by atoms with Crippen molar-refractivity contribution in [3.63, 3.8) is 0 Å². The molecule has 0 saturated heterocycles. The number of ether oxygens (including phenoxy) is 2. The molecule has 0 saturated carbocycles. The van der Waals surface area contributed by atoms with Gasteiger partial charge in [0.15, 0.2) is 5.11 Å². The van der Waals surface area contributed by atoms with Crippen LogP contribution in [0.3, 0.4) is 0 Å². The molecule has 7 nitrogen and oxygen atoms in total. The van der Waals surface area contributed by atoms with E-state index in [-0.39, 0.29) is 10.7 Å². The van der Waals surface area contributed by atoms with Gasteiger partial charge in [-0.2, -0.15) is 0 Å². The topological polar surface area (TPSA) is 103 Å². The third-order valence-corrected chi connectivity index (χ3v) is 3.55. The molecule has 0 aliphatic heterocycles. The molecule has 136 valence electrons. The van der Waals surface area contributed by atoms with Crippen molar-refractivity contribution >= 4 is 34.8 Å². The maximum absolute atomic E-state index is 12.5. The van der Waals surface area contributed by atoms with Crippen LogP contribution in [0.5, 0.6) is 5.75 Å². The Morgan fingerprint density at radius 2 is 1.69 bits per heavy atom. The van der Waals surface area contributed by atoms with Crippen molar-refractivity contribution < 1.29 is 19.1 Å². The van der Waals surface area contributed by atoms with Crippen molar-refractivity contribution in [2.75, 3.05) is 25.6 Å². The largest absolute Gasteiger partial charge is 0.490 e. The number of amides is 2. The molecule has 0 heterocycles. The molecule has 0 fully saturated rings. The number of carbonyl (C=O) groups excluding carboxylic acids is 2. The molecule has 26 heavy (non-hydrogen) atoms. The van der Waals surface area contributed by atoms with Crippen LogP contribution in [0.25, 0.3) is 0 Å². The van der Waals surface area contributed by atoms with Gasteiger partial charge in [0, 0.05) is 7.11 Å². The third-order valence-electron chi connectivity index (χ3n) is 3.34. The minimum atomic E-state index is -0.598. The first-order valence-electron chi connectivity index (χ1n) is 7.75. The highest BCUT2D eigenvalue weighted by molar-refractivity contribution is 7.80. The third kappa shape index (κ3) is 5.27. The predicted molar refractivity (Wildman–Crippen MR) is 102 cm³/mol. The van der Waals surface area contributed by atoms with Crippen molar-refractivity contribution in [3.05, 3.63) is 59.7 Å². The summed E-state index contributed by atoms with van der Waals surface area (Å²) < 4.78 is 10.5. The number of hydrogen-bond acceptors (Lipinski definition) is 5. The molecule has 0 aliphatic carbocycles. The van der Waals surface area contributed by atoms with E-state index >= 15 is 0 Å². The number of anilines is 1. The lowest BCUT2D eigenvalue weighted by Crippen LogP contribution is -2.35. The smallest absolute Gasteiger partial charge is 0.261 e. The monoisotopic (exact) mass is 373 g/mol. The van der Waals surface area contributed by atoms with Gasteiger partial charge in [0.1, 0.15) is 12.4 Å². The van der Waals surface area contributed by atoms with Gasteiger partial charge in [0.25, 0.3) is 11.8 Å². The number of para-hydroxylation sites is 2. The Kier molecular flexibility index (Phi) is 7.07. The molecule has 2 rings (SSSR count). The predicted octanol–water partition coefficient (Wildman–Crippen LogP) is 1.94. The van der Waals surface area contributed by atoms with Gasteiger partial charge in [0.2, 0.25) is 0 Å². The summed E-state index contributed by atoms with van der Waals surface area (Å²) in [5, 5.41) is 5.40. The molecule has 2 aromatic rings. The molecule has 0 radical (unpaired) electrons. The Bertz CT molecular complexity index is 811. The average molecular weight is 373 g/mol. The van der Waals surface area contributed by atoms with Crippen LogP contribution in [0.1, 0.15) is 20.7 Å². The summed E-state index contributed by atoms with van der Waals surface area (Å²) in [6.45, 7) is 0.718. The molecule has 0 spiro atoms. The molecule has 8 heteroatoms. The summed E-state index contributed by atoms with van der Waals surface area (Å²) >= 11 is 5.15. The quantitative estimate of drug-likeness (QED) is 0.506. The number of carbonyl (C=O) groups is 2. The van der Waals surface area contributed by atoms with E-state index in [1.165, 1.54) is 0 Å². The maximum atomic E-state index is 12.5. The number of rotatable bonds is 7. The van der Waals surface area contributed by atoms with Crippen molar-refractivity contribution in [3.8, 4) is 5.75 Å². The molecule has 0 aromatic heterocycles. The zero-order valence-electron chi connectivity index (χ0n) is 14.2. The minimum absolute atomic E-state index is 0.0374. The average Bonchev–Trinajstić information content (AvgIpc) is 2.62. The van der Waals surface area contributed by atoms with E-state index in [2.05, 4.69) is 10.6 Å². The van der Waals surface area contributed by atoms with Crippen molar-refractivity contribution in [1.82, 2.24) is 5.32 Å². The van der Waals surface area contributed by atoms with Crippen LogP contribution >= 0.6 is 12.2 Å². The van der Waals surface area contributed by atoms with Gasteiger partial charge < -0.3 is 20.5 Å². The molecular formula is C18H19N3O4S. The number of thiocarbonyl (C=S) groups is 1. The zero-order chi connectivity index (χ0) is 18.9. The van der Waals surface area contributed by atoms with Gasteiger partial charge in [0.05, 0.1) is 23.4 Å². The number of nitrogens with two attached hydrogens (primary N) is 1. The molecular weight excluding hydrogens is 354 g/mol. The van der Waals surface area contributed by atoms with Gasteiger partial charge in [-0.05, 0) is 36.5 Å². The Morgan fingerprint density at radius 1 is 1.04 bits per heavy atom. The second-order valence-corrected chi connectivity index (χ2v) is 5.56. The fourth-order valence-electron chi connectivity index (χ4n) is 2.15. The lowest BCUT2D eigenvalue weighted by molar-refractivity contribution is 0.0968. The molecule has 4 N–H and O–H groups in total. The van der Waals surface area contributed by atoms with Gasteiger partial charge in [-0.25, -0.2) is 0 Å². The summed E-state index contributed by atoms with van der Waals surface area (Å²) in [6, 6.07) is 13.4. The molecule has 0 atom stereocenters. The van der Waals surface area contributed by atoms with E-state index < -0.39 is 11.8 Å². The summed E-state index contributed by atoms with van der Waals surface area (Å²) in [5.41, 5.74) is 6.34. The first kappa shape index (κ1) is 19.4. The summed E-state index contributed by atoms with van der Waals surface area (Å²) in [7, 11) is 1.57. The van der Waals surface area contributed by atoms with Crippen LogP contribution in [0.15, 0.2) is 48.5 Å². The lowest BCUT2D eigenvalue weighted by Gasteiger charge is -2.14. The highest BCUT2D eigenvalue weighted by Gasteiger charge is 2.15. The minimum Gasteiger partial charge on any atom is -0.490 e. The molecule has 2 amide bonds. The van der Waals surface area contributed by atoms with Gasteiger partial charge in [-0.1, -0.05) is 24.3 Å². The first-order valence-corrected chi connectivity index (χ1v) is 8.15. The standard InChI is InChI=1S/C18H19N3O4S/c1-24-10-11-25-15-9-5-3-7-13(15)17(23)21-18(26)20-14-8-4-2-6-12(14)16(19)22/h2-9H,10-11H2,1H3,(H2,19,22)(H2,20,21,23,26). The van der Waals surface area contributed by atoms with Crippen molar-refractivity contribution in [1.29, 1.82) is 0 Å². The number of benzene rings is 2. The van der Waals surface area contributed by atoms with E-state index in [1.54, 1.807) is 55.6 Å². The first-order chi connectivity index (χ1) is 12.5. The number of hydrogen-bond donors (Lipinski definition) is 3. The number of nitrogens with one attached hydrogen (secondary N) is 2. The van der Waals surface area contributed by atoms with Gasteiger partial charge >= 0.3 is 0 Å². The maximum Gasteiger partial charge on any atom is 0.261 e. The molecule has 0 unspecified atom stereocenters. The molecule has 0 bridgehead atoms. The van der Waals surface area contributed by atoms with Gasteiger partial charge in [-0.15, -0.1) is 0 Å². The normalized spacial score (nSPS) is 10.0. The lowest BCUT2D eigenvalue weighted by atomic mass is 10.1. The van der Waals surface area contributed by atoms with E-state index in [9.17, 15) is 9.59 Å². The Morgan fingerprint density at radius 3 is 2.38 bits per heavy atom. The highest BCUT2D eigenvalue weighted by atomic mass is 32.1. The van der Waals surface area contributed by atoms with Gasteiger partial charge in [-0.3, -0.25) is 14.9 Å². The fourth-order valence-corrected chi connectivity index (χ4v) is 2.35. The highest BCUT2D eigenvalue weighted by Crippen LogP contribution is 2.18. The van der Waals surface area contributed by atoms with E-state index in [1.807, 2.05) is 0 Å².